The van der Waals surface area contributed by atoms with Crippen molar-refractivity contribution in [2.75, 3.05) is 17.6 Å². The van der Waals surface area contributed by atoms with E-state index in [-0.39, 0.29) is 17.6 Å². The largest absolute Gasteiger partial charge is 0.385 e. The van der Waals surface area contributed by atoms with Gasteiger partial charge in [-0.05, 0) is 73.6 Å². The molecule has 3 aliphatic rings. The quantitative estimate of drug-likeness (QED) is 0.866. The van der Waals surface area contributed by atoms with Crippen LogP contribution < -0.4 is 11.1 Å². The summed E-state index contributed by atoms with van der Waals surface area (Å²) in [7, 11) is 0. The van der Waals surface area contributed by atoms with Crippen molar-refractivity contribution in [3.05, 3.63) is 40.8 Å². The van der Waals surface area contributed by atoms with Crippen LogP contribution in [0.3, 0.4) is 0 Å². The van der Waals surface area contributed by atoms with Crippen LogP contribution in [0.2, 0.25) is 0 Å². The molecule has 0 saturated heterocycles. The summed E-state index contributed by atoms with van der Waals surface area (Å²) in [6.45, 7) is 0.782. The Hall–Kier alpha value is -2.37. The van der Waals surface area contributed by atoms with Crippen molar-refractivity contribution in [3.8, 4) is 0 Å². The number of rotatable bonds is 2. The van der Waals surface area contributed by atoms with Crippen LogP contribution in [0.25, 0.3) is 0 Å². The molecule has 0 bridgehead atoms. The van der Waals surface area contributed by atoms with Crippen molar-refractivity contribution in [1.82, 2.24) is 9.78 Å². The van der Waals surface area contributed by atoms with Gasteiger partial charge in [0.05, 0.1) is 5.69 Å². The van der Waals surface area contributed by atoms with E-state index in [2.05, 4.69) is 10.4 Å². The molecule has 1 saturated carbocycles. The summed E-state index contributed by atoms with van der Waals surface area (Å²) < 4.78 is 15.1. The number of nitrogens with one attached hydrogen (secondary N) is 1. The lowest BCUT2D eigenvalue weighted by molar-refractivity contribution is 0.0878. The molecule has 0 amide bonds. The molecular weight excluding hydrogens is 331 g/mol. The van der Waals surface area contributed by atoms with Crippen molar-refractivity contribution >= 4 is 17.4 Å². The molecule has 1 fully saturated rings. The fourth-order valence-electron chi connectivity index (χ4n) is 4.63. The molecular formula is C20H23FN4O. The van der Waals surface area contributed by atoms with E-state index >= 15 is 0 Å². The molecule has 1 aromatic heterocycles. The maximum Gasteiger partial charge on any atom is 0.249 e. The minimum absolute atomic E-state index is 0.00940. The SMILES string of the molecule is Nc1c2c(nn1C(=O)CC1CCNc3ccc(F)cc31)CC1(CC2)CC1. The average molecular weight is 354 g/mol. The van der Waals surface area contributed by atoms with E-state index in [0.717, 1.165) is 54.7 Å². The monoisotopic (exact) mass is 354 g/mol. The number of halogens is 1. The minimum atomic E-state index is -0.270. The number of anilines is 2. The standard InChI is InChI=1S/C20H23FN4O/c21-13-1-2-16-15(10-13)12(4-8-23-16)9-18(26)25-19(22)14-3-5-20(6-7-20)11-17(14)24-25/h1-2,10,12,23H,3-9,11,22H2. The van der Waals surface area contributed by atoms with Crippen LogP contribution in [0, 0.1) is 11.2 Å². The summed E-state index contributed by atoms with van der Waals surface area (Å²) in [5.74, 6) is 0.135. The zero-order valence-electron chi connectivity index (χ0n) is 14.7. The Balaban J connectivity index is 1.40. The van der Waals surface area contributed by atoms with Gasteiger partial charge < -0.3 is 11.1 Å². The Bertz CT molecular complexity index is 899. The molecule has 2 heterocycles. The maximum atomic E-state index is 13.7. The lowest BCUT2D eigenvalue weighted by Crippen LogP contribution is -2.23. The number of benzene rings is 1. The zero-order valence-corrected chi connectivity index (χ0v) is 14.7. The van der Waals surface area contributed by atoms with E-state index in [1.54, 1.807) is 6.07 Å². The third-order valence-corrected chi connectivity index (χ3v) is 6.43. The van der Waals surface area contributed by atoms with Crippen LogP contribution in [-0.4, -0.2) is 22.2 Å². The van der Waals surface area contributed by atoms with Gasteiger partial charge in [-0.25, -0.2) is 4.39 Å². The van der Waals surface area contributed by atoms with Crippen LogP contribution in [0.5, 0.6) is 0 Å². The highest BCUT2D eigenvalue weighted by Gasteiger charge is 2.46. The van der Waals surface area contributed by atoms with Gasteiger partial charge in [-0.2, -0.15) is 9.78 Å². The number of hydrogen-bond donors (Lipinski definition) is 2. The van der Waals surface area contributed by atoms with Gasteiger partial charge in [0.15, 0.2) is 0 Å². The molecule has 2 aliphatic carbocycles. The molecule has 6 heteroatoms. The van der Waals surface area contributed by atoms with Crippen LogP contribution >= 0.6 is 0 Å². The molecule has 1 atom stereocenters. The van der Waals surface area contributed by atoms with Gasteiger partial charge in [-0.1, -0.05) is 0 Å². The van der Waals surface area contributed by atoms with E-state index in [0.29, 0.717) is 17.7 Å². The summed E-state index contributed by atoms with van der Waals surface area (Å²) in [6.07, 6.45) is 6.67. The summed E-state index contributed by atoms with van der Waals surface area (Å²) in [5.41, 5.74) is 10.6. The number of carbonyl (C=O) groups excluding carboxylic acids is 1. The fraction of sp³-hybridized carbons (Fsp3) is 0.500. The van der Waals surface area contributed by atoms with Crippen molar-refractivity contribution in [2.24, 2.45) is 5.41 Å². The first-order valence-corrected chi connectivity index (χ1v) is 9.47. The molecule has 1 aliphatic heterocycles. The highest BCUT2D eigenvalue weighted by molar-refractivity contribution is 5.83. The van der Waals surface area contributed by atoms with Gasteiger partial charge in [0.2, 0.25) is 5.91 Å². The van der Waals surface area contributed by atoms with Crippen molar-refractivity contribution < 1.29 is 9.18 Å². The van der Waals surface area contributed by atoms with Crippen molar-refractivity contribution in [1.29, 1.82) is 0 Å². The summed E-state index contributed by atoms with van der Waals surface area (Å²) in [6, 6.07) is 4.73. The van der Waals surface area contributed by atoms with Crippen LogP contribution in [0.15, 0.2) is 18.2 Å². The summed E-state index contributed by atoms with van der Waals surface area (Å²) in [5, 5.41) is 7.85. The third-order valence-electron chi connectivity index (χ3n) is 6.43. The van der Waals surface area contributed by atoms with Gasteiger partial charge in [0.1, 0.15) is 11.6 Å². The number of aromatic nitrogens is 2. The van der Waals surface area contributed by atoms with E-state index in [9.17, 15) is 9.18 Å². The first kappa shape index (κ1) is 15.9. The number of nitrogens with two attached hydrogens (primary N) is 1. The molecule has 1 aromatic carbocycles. The number of nitrogen functional groups attached to an aromatic ring is 1. The van der Waals surface area contributed by atoms with Gasteiger partial charge >= 0.3 is 0 Å². The number of carbonyl (C=O) groups is 1. The minimum Gasteiger partial charge on any atom is -0.385 e. The Morgan fingerprint density at radius 1 is 1.38 bits per heavy atom. The van der Waals surface area contributed by atoms with E-state index in [4.69, 9.17) is 5.73 Å². The van der Waals surface area contributed by atoms with Gasteiger partial charge in [0, 0.05) is 24.2 Å². The normalized spacial score (nSPS) is 22.4. The smallest absolute Gasteiger partial charge is 0.249 e. The van der Waals surface area contributed by atoms with E-state index < -0.39 is 0 Å². The Kier molecular flexibility index (Phi) is 3.39. The van der Waals surface area contributed by atoms with E-state index in [1.807, 2.05) is 0 Å². The summed E-state index contributed by atoms with van der Waals surface area (Å²) >= 11 is 0. The van der Waals surface area contributed by atoms with Crippen LogP contribution in [0.4, 0.5) is 15.9 Å². The van der Waals surface area contributed by atoms with Crippen LogP contribution in [-0.2, 0) is 12.8 Å². The lowest BCUT2D eigenvalue weighted by Gasteiger charge is -2.26. The molecule has 1 spiro atoms. The van der Waals surface area contributed by atoms with Gasteiger partial charge in [-0.15, -0.1) is 0 Å². The molecule has 5 rings (SSSR count). The molecule has 26 heavy (non-hydrogen) atoms. The Labute approximate surface area is 151 Å². The fourth-order valence-corrected chi connectivity index (χ4v) is 4.63. The zero-order chi connectivity index (χ0) is 17.9. The first-order chi connectivity index (χ1) is 12.5. The van der Waals surface area contributed by atoms with E-state index in [1.165, 1.54) is 29.7 Å². The number of hydrogen-bond acceptors (Lipinski definition) is 4. The average Bonchev–Trinajstić information content (AvgIpc) is 3.29. The van der Waals surface area contributed by atoms with Crippen molar-refractivity contribution in [3.63, 3.8) is 0 Å². The number of nitrogens with zero attached hydrogens (tertiary/aromatic N) is 2. The van der Waals surface area contributed by atoms with Crippen LogP contribution in [0.1, 0.15) is 59.6 Å². The predicted molar refractivity (Wildman–Crippen MR) is 97.8 cm³/mol. The lowest BCUT2D eigenvalue weighted by atomic mass is 9.85. The second-order valence-electron chi connectivity index (χ2n) is 8.14. The van der Waals surface area contributed by atoms with Gasteiger partial charge in [0.25, 0.3) is 0 Å². The van der Waals surface area contributed by atoms with Gasteiger partial charge in [-0.3, -0.25) is 4.79 Å². The molecule has 3 N–H and O–H groups in total. The molecule has 1 unspecified atom stereocenters. The van der Waals surface area contributed by atoms with Crippen molar-refractivity contribution in [2.45, 2.75) is 50.9 Å². The molecule has 136 valence electrons. The Morgan fingerprint density at radius 2 is 2.23 bits per heavy atom. The molecule has 2 aromatic rings. The third kappa shape index (κ3) is 2.50. The molecule has 5 nitrogen and oxygen atoms in total. The second-order valence-corrected chi connectivity index (χ2v) is 8.14. The highest BCUT2D eigenvalue weighted by atomic mass is 19.1. The topological polar surface area (TPSA) is 72.9 Å². The highest BCUT2D eigenvalue weighted by Crippen LogP contribution is 2.55. The number of fused-ring (bicyclic) bond motifs is 2. The predicted octanol–water partition coefficient (Wildman–Crippen LogP) is 3.50. The first-order valence-electron chi connectivity index (χ1n) is 9.47. The second kappa shape index (κ2) is 5.56. The molecule has 0 radical (unpaired) electrons. The maximum absolute atomic E-state index is 13.7. The summed E-state index contributed by atoms with van der Waals surface area (Å²) in [4.78, 5) is 12.9. The Morgan fingerprint density at radius 3 is 3.04 bits per heavy atom.